The van der Waals surface area contributed by atoms with Crippen LogP contribution in [0.2, 0.25) is 0 Å². The lowest BCUT2D eigenvalue weighted by molar-refractivity contribution is 0.0581. The maximum Gasteiger partial charge on any atom is 0.340 e. The molecule has 0 aromatic carbocycles. The van der Waals surface area contributed by atoms with Gasteiger partial charge in [-0.25, -0.2) is 13.2 Å². The van der Waals surface area contributed by atoms with Crippen LogP contribution >= 0.6 is 0 Å². The van der Waals surface area contributed by atoms with Crippen molar-refractivity contribution in [3.8, 4) is 0 Å². The van der Waals surface area contributed by atoms with E-state index in [4.69, 9.17) is 24.8 Å². The van der Waals surface area contributed by atoms with E-state index in [-0.39, 0.29) is 11.5 Å². The van der Waals surface area contributed by atoms with Gasteiger partial charge in [-0.3, -0.25) is 0 Å². The quantitative estimate of drug-likeness (QED) is 0.409. The van der Waals surface area contributed by atoms with Crippen molar-refractivity contribution in [3.63, 3.8) is 0 Å². The fourth-order valence-electron chi connectivity index (χ4n) is 1.82. The van der Waals surface area contributed by atoms with Crippen LogP contribution < -0.4 is 4.72 Å². The molecule has 1 heterocycles. The predicted molar refractivity (Wildman–Crippen MR) is 69.5 cm³/mol. The monoisotopic (exact) mass is 323 g/mol. The zero-order chi connectivity index (χ0) is 16.4. The normalized spacial score (nSPS) is 12.6. The summed E-state index contributed by atoms with van der Waals surface area (Å²) in [5, 5.41) is 36.6. The summed E-state index contributed by atoms with van der Waals surface area (Å²) in [6.45, 7) is -0.0636. The Morgan fingerprint density at radius 1 is 1.14 bits per heavy atom. The number of hydrogen-bond donors (Lipinski definition) is 5. The molecule has 1 aromatic rings. The molecule has 120 valence electrons. The van der Waals surface area contributed by atoms with Crippen LogP contribution in [0.5, 0.6) is 0 Å². The van der Waals surface area contributed by atoms with Gasteiger partial charge in [-0.15, -0.1) is 0 Å². The number of carbonyl (C=O) groups is 1. The highest BCUT2D eigenvalue weighted by atomic mass is 32.2. The van der Waals surface area contributed by atoms with Crippen molar-refractivity contribution in [2.45, 2.75) is 24.3 Å². The minimum Gasteiger partial charge on any atom is -0.478 e. The number of sulfonamides is 1. The Kier molecular flexibility index (Phi) is 5.12. The first kappa shape index (κ1) is 17.6. The number of carboxylic acids is 1. The summed E-state index contributed by atoms with van der Waals surface area (Å²) in [6, 6.07) is 0. The van der Waals surface area contributed by atoms with Crippen LogP contribution in [0.25, 0.3) is 0 Å². The van der Waals surface area contributed by atoms with Crippen LogP contribution in [0.15, 0.2) is 9.31 Å². The minimum atomic E-state index is -4.44. The van der Waals surface area contributed by atoms with E-state index in [2.05, 4.69) is 0 Å². The average Bonchev–Trinajstić information content (AvgIpc) is 2.72. The number of aliphatic hydroxyl groups is 3. The van der Waals surface area contributed by atoms with Gasteiger partial charge in [-0.1, -0.05) is 0 Å². The molecule has 0 bridgehead atoms. The molecule has 5 N–H and O–H groups in total. The molecular weight excluding hydrogens is 306 g/mol. The number of hydrogen-bond acceptors (Lipinski definition) is 7. The largest absolute Gasteiger partial charge is 0.478 e. The highest BCUT2D eigenvalue weighted by Crippen LogP contribution is 2.27. The zero-order valence-corrected chi connectivity index (χ0v) is 12.3. The van der Waals surface area contributed by atoms with Gasteiger partial charge in [0.2, 0.25) is 10.0 Å². The van der Waals surface area contributed by atoms with Crippen molar-refractivity contribution in [1.82, 2.24) is 4.72 Å². The van der Waals surface area contributed by atoms with Crippen molar-refractivity contribution >= 4 is 16.0 Å². The fraction of sp³-hybridized carbons (Fsp3) is 0.545. The summed E-state index contributed by atoms with van der Waals surface area (Å²) >= 11 is 0. The second-order valence-corrected chi connectivity index (χ2v) is 6.20. The Hall–Kier alpha value is -1.46. The Labute approximate surface area is 120 Å². The molecule has 21 heavy (non-hydrogen) atoms. The lowest BCUT2D eigenvalue weighted by Gasteiger charge is -2.28. The third kappa shape index (κ3) is 3.24. The summed E-state index contributed by atoms with van der Waals surface area (Å²) in [4.78, 5) is 10.6. The summed E-state index contributed by atoms with van der Waals surface area (Å²) in [5.41, 5.74) is -2.45. The minimum absolute atomic E-state index is 0.0945. The molecule has 0 unspecified atom stereocenters. The summed E-state index contributed by atoms with van der Waals surface area (Å²) in [5.74, 6) is -1.74. The van der Waals surface area contributed by atoms with E-state index in [0.29, 0.717) is 0 Å². The van der Waals surface area contributed by atoms with E-state index in [1.807, 2.05) is 4.72 Å². The number of aromatic carboxylic acids is 1. The Morgan fingerprint density at radius 2 is 1.62 bits per heavy atom. The standard InChI is InChI=1S/C11H17NO8S/c1-6-8(10(16)17)9(7(2)20-6)21(18,19)12-11(3-13,4-14)5-15/h12-15H,3-5H2,1-2H3,(H,16,17). The number of carboxylic acid groups (broad SMARTS) is 1. The molecule has 0 saturated carbocycles. The van der Waals surface area contributed by atoms with Crippen LogP contribution in [-0.4, -0.2) is 60.2 Å². The fourth-order valence-corrected chi connectivity index (χ4v) is 3.60. The first-order chi connectivity index (χ1) is 9.64. The molecule has 0 aliphatic carbocycles. The highest BCUT2D eigenvalue weighted by molar-refractivity contribution is 7.89. The molecule has 0 aliphatic rings. The van der Waals surface area contributed by atoms with E-state index in [9.17, 15) is 13.2 Å². The lowest BCUT2D eigenvalue weighted by atomic mass is 10.1. The van der Waals surface area contributed by atoms with Crippen molar-refractivity contribution in [2.24, 2.45) is 0 Å². The Balaban J connectivity index is 3.42. The van der Waals surface area contributed by atoms with Gasteiger partial charge in [-0.2, -0.15) is 4.72 Å². The van der Waals surface area contributed by atoms with Gasteiger partial charge in [0.1, 0.15) is 27.5 Å². The van der Waals surface area contributed by atoms with Gasteiger partial charge in [0, 0.05) is 0 Å². The molecule has 0 saturated heterocycles. The highest BCUT2D eigenvalue weighted by Gasteiger charge is 2.38. The topological polar surface area (TPSA) is 157 Å². The van der Waals surface area contributed by atoms with Crippen molar-refractivity contribution in [2.75, 3.05) is 19.8 Å². The molecular formula is C11H17NO8S. The first-order valence-corrected chi connectivity index (χ1v) is 7.32. The number of furan rings is 1. The van der Waals surface area contributed by atoms with Gasteiger partial charge >= 0.3 is 5.97 Å². The Bertz CT molecular complexity index is 621. The average molecular weight is 323 g/mol. The molecule has 0 aliphatic heterocycles. The van der Waals surface area contributed by atoms with Crippen molar-refractivity contribution in [1.29, 1.82) is 0 Å². The molecule has 10 heteroatoms. The summed E-state index contributed by atoms with van der Waals surface area (Å²) in [6.07, 6.45) is 0. The van der Waals surface area contributed by atoms with Crippen LogP contribution in [-0.2, 0) is 10.0 Å². The van der Waals surface area contributed by atoms with E-state index < -0.39 is 51.8 Å². The molecule has 9 nitrogen and oxygen atoms in total. The van der Waals surface area contributed by atoms with Gasteiger partial charge in [0.15, 0.2) is 0 Å². The van der Waals surface area contributed by atoms with Gasteiger partial charge in [-0.05, 0) is 13.8 Å². The van der Waals surface area contributed by atoms with Crippen LogP contribution in [0, 0.1) is 13.8 Å². The van der Waals surface area contributed by atoms with Crippen LogP contribution in [0.3, 0.4) is 0 Å². The molecule has 1 rings (SSSR count). The third-order valence-electron chi connectivity index (χ3n) is 2.95. The number of rotatable bonds is 7. The van der Waals surface area contributed by atoms with Gasteiger partial charge < -0.3 is 24.8 Å². The number of nitrogens with one attached hydrogen (secondary N) is 1. The van der Waals surface area contributed by atoms with Crippen LogP contribution in [0.1, 0.15) is 21.9 Å². The van der Waals surface area contributed by atoms with Gasteiger partial charge in [0.05, 0.1) is 19.8 Å². The van der Waals surface area contributed by atoms with E-state index in [1.165, 1.54) is 13.8 Å². The molecule has 0 spiro atoms. The third-order valence-corrected chi connectivity index (χ3v) is 4.68. The van der Waals surface area contributed by atoms with E-state index in [1.54, 1.807) is 0 Å². The second kappa shape index (κ2) is 6.12. The summed E-state index contributed by atoms with van der Waals surface area (Å²) in [7, 11) is -4.44. The maximum atomic E-state index is 12.3. The number of aliphatic hydroxyl groups excluding tert-OH is 3. The Morgan fingerprint density at radius 3 is 2.00 bits per heavy atom. The van der Waals surface area contributed by atoms with Crippen LogP contribution in [0.4, 0.5) is 0 Å². The van der Waals surface area contributed by atoms with E-state index in [0.717, 1.165) is 0 Å². The van der Waals surface area contributed by atoms with Gasteiger partial charge in [0.25, 0.3) is 0 Å². The molecule has 0 atom stereocenters. The SMILES string of the molecule is Cc1oc(C)c(S(=O)(=O)NC(CO)(CO)CO)c1C(=O)O. The predicted octanol–water partition coefficient (Wildman–Crippen LogP) is -1.41. The van der Waals surface area contributed by atoms with E-state index >= 15 is 0 Å². The molecule has 0 radical (unpaired) electrons. The lowest BCUT2D eigenvalue weighted by Crippen LogP contribution is -2.57. The smallest absolute Gasteiger partial charge is 0.340 e. The summed E-state index contributed by atoms with van der Waals surface area (Å²) < 4.78 is 31.6. The maximum absolute atomic E-state index is 12.3. The van der Waals surface area contributed by atoms with Crippen molar-refractivity contribution in [3.05, 3.63) is 17.1 Å². The number of aryl methyl sites for hydroxylation is 2. The van der Waals surface area contributed by atoms with Crippen molar-refractivity contribution < 1.29 is 38.1 Å². The molecule has 1 aromatic heterocycles. The first-order valence-electron chi connectivity index (χ1n) is 5.84. The second-order valence-electron chi connectivity index (χ2n) is 4.58. The molecule has 0 amide bonds. The molecule has 0 fully saturated rings. The zero-order valence-electron chi connectivity index (χ0n) is 11.5.